The van der Waals surface area contributed by atoms with E-state index in [1.165, 1.54) is 11.8 Å². The van der Waals surface area contributed by atoms with Crippen molar-refractivity contribution in [3.8, 4) is 0 Å². The number of hydrogen-bond donors (Lipinski definition) is 2. The van der Waals surface area contributed by atoms with Crippen LogP contribution in [0.4, 0.5) is 10.6 Å². The lowest BCUT2D eigenvalue weighted by molar-refractivity contribution is -0.139. The first-order chi connectivity index (χ1) is 16.1. The van der Waals surface area contributed by atoms with Gasteiger partial charge in [-0.2, -0.15) is 0 Å². The zero-order chi connectivity index (χ0) is 22.8. The van der Waals surface area contributed by atoms with Crippen LogP contribution in [0.2, 0.25) is 0 Å². The van der Waals surface area contributed by atoms with Gasteiger partial charge in [0.1, 0.15) is 11.7 Å². The van der Waals surface area contributed by atoms with Gasteiger partial charge in [-0.25, -0.2) is 14.8 Å². The standard InChI is InChI=1S/C24H27N5O4/c30-23(31)19(20-8-6-17-9-14-33-22(17)27-20)15-29-13-12-28(24(29)32)11-2-4-18-7-5-16-3-1-10-25-21(16)26-18/h5-9,14,19H,1-4,10-13,15H2,(H,25,26)(H,30,31)/t19-/m0/s1. The predicted octanol–water partition coefficient (Wildman–Crippen LogP) is 3.12. The number of nitrogens with one attached hydrogen (secondary N) is 1. The van der Waals surface area contributed by atoms with Crippen LogP contribution < -0.4 is 5.32 Å². The van der Waals surface area contributed by atoms with Crippen LogP contribution in [0.5, 0.6) is 0 Å². The maximum Gasteiger partial charge on any atom is 0.320 e. The molecule has 1 fully saturated rings. The summed E-state index contributed by atoms with van der Waals surface area (Å²) in [6.45, 7) is 2.77. The zero-order valence-electron chi connectivity index (χ0n) is 18.4. The van der Waals surface area contributed by atoms with Crippen LogP contribution >= 0.6 is 0 Å². The zero-order valence-corrected chi connectivity index (χ0v) is 18.4. The van der Waals surface area contributed by atoms with Crippen molar-refractivity contribution in [1.29, 1.82) is 0 Å². The normalized spacial score (nSPS) is 16.7. The lowest BCUT2D eigenvalue weighted by atomic mass is 10.0. The number of pyridine rings is 2. The SMILES string of the molecule is O=C(O)[C@@H](CN1CCN(CCCc2ccc3c(n2)NCCC3)C1=O)c1ccc2ccoc2n1. The van der Waals surface area contributed by atoms with Gasteiger partial charge in [-0.05, 0) is 55.5 Å². The number of furan rings is 1. The van der Waals surface area contributed by atoms with Gasteiger partial charge in [0, 0.05) is 43.8 Å². The second-order valence-corrected chi connectivity index (χ2v) is 8.60. The van der Waals surface area contributed by atoms with Gasteiger partial charge in [-0.15, -0.1) is 0 Å². The smallest absolute Gasteiger partial charge is 0.320 e. The van der Waals surface area contributed by atoms with E-state index in [2.05, 4.69) is 22.4 Å². The summed E-state index contributed by atoms with van der Waals surface area (Å²) in [7, 11) is 0. The molecule has 9 heteroatoms. The highest BCUT2D eigenvalue weighted by Crippen LogP contribution is 2.23. The number of hydrogen-bond acceptors (Lipinski definition) is 6. The monoisotopic (exact) mass is 449 g/mol. The highest BCUT2D eigenvalue weighted by molar-refractivity contribution is 5.81. The molecule has 2 aliphatic heterocycles. The number of aryl methyl sites for hydroxylation is 2. The van der Waals surface area contributed by atoms with Crippen molar-refractivity contribution in [3.63, 3.8) is 0 Å². The molecule has 0 radical (unpaired) electrons. The highest BCUT2D eigenvalue weighted by atomic mass is 16.4. The molecule has 2 N–H and O–H groups in total. The van der Waals surface area contributed by atoms with Crippen molar-refractivity contribution >= 4 is 28.9 Å². The Labute approximate surface area is 191 Å². The van der Waals surface area contributed by atoms with Crippen LogP contribution in [0.3, 0.4) is 0 Å². The first kappa shape index (κ1) is 21.2. The van der Waals surface area contributed by atoms with Gasteiger partial charge in [0.25, 0.3) is 0 Å². The number of amides is 2. The van der Waals surface area contributed by atoms with Crippen LogP contribution in [0, 0.1) is 0 Å². The van der Waals surface area contributed by atoms with Gasteiger partial charge in [0.05, 0.1) is 12.0 Å². The van der Waals surface area contributed by atoms with Crippen molar-refractivity contribution < 1.29 is 19.1 Å². The van der Waals surface area contributed by atoms with E-state index in [-0.39, 0.29) is 12.6 Å². The minimum Gasteiger partial charge on any atom is -0.481 e. The number of rotatable bonds is 8. The van der Waals surface area contributed by atoms with E-state index in [9.17, 15) is 14.7 Å². The van der Waals surface area contributed by atoms with Gasteiger partial charge in [0.2, 0.25) is 5.71 Å². The quantitative estimate of drug-likeness (QED) is 0.543. The molecule has 5 heterocycles. The fourth-order valence-corrected chi connectivity index (χ4v) is 4.54. The molecule has 0 aliphatic carbocycles. The van der Waals surface area contributed by atoms with E-state index in [0.717, 1.165) is 49.1 Å². The van der Waals surface area contributed by atoms with Crippen LogP contribution in [0.15, 0.2) is 41.0 Å². The maximum absolute atomic E-state index is 12.9. The Morgan fingerprint density at radius 3 is 2.91 bits per heavy atom. The van der Waals surface area contributed by atoms with E-state index >= 15 is 0 Å². The molecule has 1 atom stereocenters. The van der Waals surface area contributed by atoms with E-state index in [1.54, 1.807) is 28.0 Å². The molecule has 2 aliphatic rings. The van der Waals surface area contributed by atoms with Gasteiger partial charge in [-0.1, -0.05) is 6.07 Å². The minimum absolute atomic E-state index is 0.0852. The number of carbonyl (C=O) groups is 2. The summed E-state index contributed by atoms with van der Waals surface area (Å²) in [5, 5.41) is 13.9. The second kappa shape index (κ2) is 9.09. The fraction of sp³-hybridized carbons (Fsp3) is 0.417. The Hall–Kier alpha value is -3.62. The number of urea groups is 1. The third-order valence-electron chi connectivity index (χ3n) is 6.39. The molecule has 0 spiro atoms. The summed E-state index contributed by atoms with van der Waals surface area (Å²) in [6.07, 6.45) is 5.33. The molecular formula is C24H27N5O4. The summed E-state index contributed by atoms with van der Waals surface area (Å²) in [4.78, 5) is 37.3. The van der Waals surface area contributed by atoms with Crippen LogP contribution in [-0.4, -0.2) is 69.6 Å². The van der Waals surface area contributed by atoms with E-state index in [1.807, 2.05) is 0 Å². The molecule has 9 nitrogen and oxygen atoms in total. The molecule has 2 amide bonds. The fourth-order valence-electron chi connectivity index (χ4n) is 4.54. The van der Waals surface area contributed by atoms with Gasteiger partial charge in [-0.3, -0.25) is 4.79 Å². The molecule has 0 saturated carbocycles. The average Bonchev–Trinajstić information content (AvgIpc) is 3.43. The number of nitrogens with zero attached hydrogens (tertiary/aromatic N) is 4. The van der Waals surface area contributed by atoms with Gasteiger partial charge >= 0.3 is 12.0 Å². The molecular weight excluding hydrogens is 422 g/mol. The summed E-state index contributed by atoms with van der Waals surface area (Å²) in [5.74, 6) is -0.925. The number of carbonyl (C=O) groups excluding carboxylic acids is 1. The average molecular weight is 450 g/mol. The van der Waals surface area contributed by atoms with Crippen LogP contribution in [0.1, 0.15) is 35.7 Å². The molecule has 0 unspecified atom stereocenters. The van der Waals surface area contributed by atoms with Crippen molar-refractivity contribution in [1.82, 2.24) is 19.8 Å². The van der Waals surface area contributed by atoms with Crippen molar-refractivity contribution in [2.45, 2.75) is 31.6 Å². The summed E-state index contributed by atoms with van der Waals surface area (Å²) < 4.78 is 5.31. The third-order valence-corrected chi connectivity index (χ3v) is 6.39. The molecule has 3 aromatic rings. The molecule has 1 saturated heterocycles. The number of carboxylic acids is 1. The predicted molar refractivity (Wildman–Crippen MR) is 122 cm³/mol. The third kappa shape index (κ3) is 4.48. The van der Waals surface area contributed by atoms with Gasteiger partial charge in [0.15, 0.2) is 0 Å². The Kier molecular flexibility index (Phi) is 5.85. The van der Waals surface area contributed by atoms with Crippen molar-refractivity contribution in [2.24, 2.45) is 0 Å². The molecule has 0 aromatic carbocycles. The first-order valence-corrected chi connectivity index (χ1v) is 11.4. The van der Waals surface area contributed by atoms with Crippen LogP contribution in [-0.2, 0) is 17.6 Å². The first-order valence-electron chi connectivity index (χ1n) is 11.4. The van der Waals surface area contributed by atoms with E-state index in [4.69, 9.17) is 9.40 Å². The number of anilines is 1. The van der Waals surface area contributed by atoms with E-state index < -0.39 is 11.9 Å². The topological polar surface area (TPSA) is 112 Å². The largest absolute Gasteiger partial charge is 0.481 e. The van der Waals surface area contributed by atoms with E-state index in [0.29, 0.717) is 31.0 Å². The lowest BCUT2D eigenvalue weighted by Gasteiger charge is -2.22. The molecule has 5 rings (SSSR count). The second-order valence-electron chi connectivity index (χ2n) is 8.60. The number of aliphatic carboxylic acids is 1. The Balaban J connectivity index is 1.17. The number of aromatic nitrogens is 2. The molecule has 0 bridgehead atoms. The Bertz CT molecular complexity index is 1180. The molecule has 3 aromatic heterocycles. The minimum atomic E-state index is -1.01. The number of carboxylic acid groups (broad SMARTS) is 1. The summed E-state index contributed by atoms with van der Waals surface area (Å²) >= 11 is 0. The van der Waals surface area contributed by atoms with Crippen molar-refractivity contribution in [3.05, 3.63) is 53.5 Å². The highest BCUT2D eigenvalue weighted by Gasteiger charge is 2.33. The van der Waals surface area contributed by atoms with Crippen molar-refractivity contribution in [2.75, 3.05) is 38.0 Å². The summed E-state index contributed by atoms with van der Waals surface area (Å²) in [5.41, 5.74) is 3.09. The number of fused-ring (bicyclic) bond motifs is 2. The lowest BCUT2D eigenvalue weighted by Crippen LogP contribution is -2.37. The summed E-state index contributed by atoms with van der Waals surface area (Å²) in [6, 6.07) is 9.35. The molecule has 33 heavy (non-hydrogen) atoms. The van der Waals surface area contributed by atoms with Crippen LogP contribution in [0.25, 0.3) is 11.1 Å². The Morgan fingerprint density at radius 1 is 1.15 bits per heavy atom. The maximum atomic E-state index is 12.9. The van der Waals surface area contributed by atoms with Gasteiger partial charge < -0.3 is 24.6 Å². The Morgan fingerprint density at radius 2 is 2.03 bits per heavy atom. The molecule has 172 valence electrons.